The molecule has 0 aliphatic carbocycles. The minimum absolute atomic E-state index is 0.194. The van der Waals surface area contributed by atoms with E-state index in [1.165, 1.54) is 11.3 Å². The molecule has 0 saturated carbocycles. The summed E-state index contributed by atoms with van der Waals surface area (Å²) in [6, 6.07) is 4.97. The van der Waals surface area contributed by atoms with Gasteiger partial charge in [0.1, 0.15) is 0 Å². The van der Waals surface area contributed by atoms with Crippen LogP contribution < -0.4 is 0 Å². The number of benzene rings is 1. The second-order valence-electron chi connectivity index (χ2n) is 3.49. The summed E-state index contributed by atoms with van der Waals surface area (Å²) in [6.45, 7) is 1.86. The predicted molar refractivity (Wildman–Crippen MR) is 74.0 cm³/mol. The summed E-state index contributed by atoms with van der Waals surface area (Å²) in [4.78, 5) is 12.7. The highest BCUT2D eigenvalue weighted by Crippen LogP contribution is 2.33. The van der Waals surface area contributed by atoms with E-state index in [9.17, 15) is 4.79 Å². The van der Waals surface area contributed by atoms with E-state index < -0.39 is 0 Å². The summed E-state index contributed by atoms with van der Waals surface area (Å²) >= 11 is 19.3. The van der Waals surface area contributed by atoms with E-state index in [0.29, 0.717) is 20.5 Å². The monoisotopic (exact) mass is 304 g/mol. The Morgan fingerprint density at radius 2 is 1.88 bits per heavy atom. The van der Waals surface area contributed by atoms with Gasteiger partial charge in [0, 0.05) is 5.56 Å². The third-order valence-corrected chi connectivity index (χ3v) is 4.82. The van der Waals surface area contributed by atoms with Crippen molar-refractivity contribution in [1.82, 2.24) is 0 Å². The highest BCUT2D eigenvalue weighted by Gasteiger charge is 2.19. The summed E-state index contributed by atoms with van der Waals surface area (Å²) < 4.78 is 0. The number of rotatable bonds is 2. The highest BCUT2D eigenvalue weighted by molar-refractivity contribution is 7.13. The van der Waals surface area contributed by atoms with Gasteiger partial charge >= 0.3 is 0 Å². The minimum Gasteiger partial charge on any atom is -0.288 e. The van der Waals surface area contributed by atoms with Gasteiger partial charge in [-0.25, -0.2) is 0 Å². The van der Waals surface area contributed by atoms with Crippen molar-refractivity contribution in [3.63, 3.8) is 0 Å². The van der Waals surface area contributed by atoms with Crippen molar-refractivity contribution in [3.8, 4) is 0 Å². The topological polar surface area (TPSA) is 17.1 Å². The second kappa shape index (κ2) is 4.99. The lowest BCUT2D eigenvalue weighted by Crippen LogP contribution is -2.00. The average molecular weight is 306 g/mol. The molecule has 1 heterocycles. The Kier molecular flexibility index (Phi) is 3.79. The molecule has 0 unspecified atom stereocenters. The molecule has 2 aromatic rings. The molecule has 0 radical (unpaired) electrons. The maximum atomic E-state index is 12.2. The zero-order valence-corrected chi connectivity index (χ0v) is 11.8. The first-order chi connectivity index (χ1) is 8.02. The Bertz CT molecular complexity index is 589. The molecule has 1 nitrogen and oxygen atoms in total. The van der Waals surface area contributed by atoms with Gasteiger partial charge in [0.2, 0.25) is 5.78 Å². The smallest absolute Gasteiger partial charge is 0.206 e. The number of thiophene rings is 1. The van der Waals surface area contributed by atoms with Gasteiger partial charge < -0.3 is 0 Å². The van der Waals surface area contributed by atoms with E-state index in [4.69, 9.17) is 34.8 Å². The SMILES string of the molecule is Cc1csc(C(=O)c2cccc(Cl)c2Cl)c1Cl. The minimum atomic E-state index is -0.194. The first-order valence-electron chi connectivity index (χ1n) is 4.74. The molecule has 0 spiro atoms. The zero-order valence-electron chi connectivity index (χ0n) is 8.76. The number of aryl methyl sites for hydroxylation is 1. The lowest BCUT2D eigenvalue weighted by molar-refractivity contribution is 0.104. The van der Waals surface area contributed by atoms with Gasteiger partial charge in [0.05, 0.1) is 19.9 Å². The van der Waals surface area contributed by atoms with E-state index in [1.807, 2.05) is 12.3 Å². The van der Waals surface area contributed by atoms with Crippen LogP contribution in [0, 0.1) is 6.92 Å². The van der Waals surface area contributed by atoms with Crippen LogP contribution in [0.1, 0.15) is 20.8 Å². The third-order valence-electron chi connectivity index (χ3n) is 2.30. The second-order valence-corrected chi connectivity index (χ2v) is 5.54. The molecule has 0 fully saturated rings. The van der Waals surface area contributed by atoms with E-state index >= 15 is 0 Å². The van der Waals surface area contributed by atoms with Crippen LogP contribution in [0.15, 0.2) is 23.6 Å². The molecule has 0 N–H and O–H groups in total. The largest absolute Gasteiger partial charge is 0.288 e. The van der Waals surface area contributed by atoms with Crippen molar-refractivity contribution in [2.75, 3.05) is 0 Å². The van der Waals surface area contributed by atoms with Gasteiger partial charge in [-0.15, -0.1) is 11.3 Å². The molecule has 0 saturated heterocycles. The number of carbonyl (C=O) groups is 1. The Morgan fingerprint density at radius 1 is 1.18 bits per heavy atom. The van der Waals surface area contributed by atoms with Crippen LogP contribution in [0.5, 0.6) is 0 Å². The molecular formula is C12H7Cl3OS. The molecule has 0 aliphatic rings. The van der Waals surface area contributed by atoms with Crippen molar-refractivity contribution in [1.29, 1.82) is 0 Å². The third kappa shape index (κ3) is 2.36. The molecule has 17 heavy (non-hydrogen) atoms. The number of hydrogen-bond donors (Lipinski definition) is 0. The fourth-order valence-electron chi connectivity index (χ4n) is 1.38. The van der Waals surface area contributed by atoms with Gasteiger partial charge in [0.25, 0.3) is 0 Å². The Morgan fingerprint density at radius 3 is 2.47 bits per heavy atom. The molecule has 88 valence electrons. The fraction of sp³-hybridized carbons (Fsp3) is 0.0833. The maximum Gasteiger partial charge on any atom is 0.206 e. The number of hydrogen-bond acceptors (Lipinski definition) is 2. The van der Waals surface area contributed by atoms with Crippen molar-refractivity contribution < 1.29 is 4.79 Å². The highest BCUT2D eigenvalue weighted by atomic mass is 35.5. The number of halogens is 3. The predicted octanol–water partition coefficient (Wildman–Crippen LogP) is 5.25. The standard InChI is InChI=1S/C12H7Cl3OS/c1-6-5-17-12(9(6)14)11(16)7-3-2-4-8(13)10(7)15/h2-5H,1H3. The molecule has 1 aromatic carbocycles. The fourth-order valence-corrected chi connectivity index (χ4v) is 3.00. The van der Waals surface area contributed by atoms with Crippen molar-refractivity contribution in [3.05, 3.63) is 54.7 Å². The van der Waals surface area contributed by atoms with Crippen LogP contribution >= 0.6 is 46.1 Å². The number of carbonyl (C=O) groups excluding carboxylic acids is 1. The van der Waals surface area contributed by atoms with E-state index in [2.05, 4.69) is 0 Å². The first kappa shape index (κ1) is 12.9. The van der Waals surface area contributed by atoms with Crippen LogP contribution in [0.3, 0.4) is 0 Å². The summed E-state index contributed by atoms with van der Waals surface area (Å²) in [5.74, 6) is -0.194. The molecular weight excluding hydrogens is 299 g/mol. The van der Waals surface area contributed by atoms with Crippen LogP contribution in [0.2, 0.25) is 15.1 Å². The average Bonchev–Trinajstić information content (AvgIpc) is 2.63. The van der Waals surface area contributed by atoms with E-state index in [-0.39, 0.29) is 10.8 Å². The van der Waals surface area contributed by atoms with Gasteiger partial charge in [-0.3, -0.25) is 4.79 Å². The summed E-state index contributed by atoms with van der Waals surface area (Å²) in [6.07, 6.45) is 0. The van der Waals surface area contributed by atoms with E-state index in [1.54, 1.807) is 18.2 Å². The molecule has 0 amide bonds. The molecule has 0 atom stereocenters. The van der Waals surface area contributed by atoms with Crippen LogP contribution in [0.4, 0.5) is 0 Å². The van der Waals surface area contributed by atoms with Crippen LogP contribution in [0.25, 0.3) is 0 Å². The molecule has 1 aromatic heterocycles. The Hall–Kier alpha value is -0.540. The quantitative estimate of drug-likeness (QED) is 0.693. The maximum absolute atomic E-state index is 12.2. The summed E-state index contributed by atoms with van der Waals surface area (Å²) in [5, 5.41) is 2.95. The van der Waals surface area contributed by atoms with E-state index in [0.717, 1.165) is 5.56 Å². The van der Waals surface area contributed by atoms with Gasteiger partial charge in [-0.1, -0.05) is 40.9 Å². The van der Waals surface area contributed by atoms with Crippen molar-refractivity contribution >= 4 is 51.9 Å². The van der Waals surface area contributed by atoms with Crippen molar-refractivity contribution in [2.45, 2.75) is 6.92 Å². The molecule has 2 rings (SSSR count). The Labute approximate surface area is 118 Å². The normalized spacial score (nSPS) is 10.6. The first-order valence-corrected chi connectivity index (χ1v) is 6.76. The zero-order chi connectivity index (χ0) is 12.6. The Balaban J connectivity index is 2.51. The molecule has 5 heteroatoms. The molecule has 0 bridgehead atoms. The van der Waals surface area contributed by atoms with Crippen molar-refractivity contribution in [2.24, 2.45) is 0 Å². The molecule has 0 aliphatic heterocycles. The lowest BCUT2D eigenvalue weighted by atomic mass is 10.1. The summed E-state index contributed by atoms with van der Waals surface area (Å²) in [5.41, 5.74) is 1.26. The summed E-state index contributed by atoms with van der Waals surface area (Å²) in [7, 11) is 0. The van der Waals surface area contributed by atoms with Crippen LogP contribution in [-0.2, 0) is 0 Å². The van der Waals surface area contributed by atoms with Gasteiger partial charge in [-0.2, -0.15) is 0 Å². The van der Waals surface area contributed by atoms with Gasteiger partial charge in [-0.05, 0) is 30.0 Å². The van der Waals surface area contributed by atoms with Crippen LogP contribution in [-0.4, -0.2) is 5.78 Å². The number of ketones is 1. The van der Waals surface area contributed by atoms with Gasteiger partial charge in [0.15, 0.2) is 0 Å². The lowest BCUT2D eigenvalue weighted by Gasteiger charge is -2.03.